The molecule has 0 aliphatic heterocycles. The predicted molar refractivity (Wildman–Crippen MR) is 82.7 cm³/mol. The summed E-state index contributed by atoms with van der Waals surface area (Å²) in [6, 6.07) is 2.16. The van der Waals surface area contributed by atoms with Crippen molar-refractivity contribution in [3.63, 3.8) is 0 Å². The van der Waals surface area contributed by atoms with Gasteiger partial charge in [0.05, 0.1) is 11.4 Å². The van der Waals surface area contributed by atoms with E-state index in [4.69, 9.17) is 0 Å². The summed E-state index contributed by atoms with van der Waals surface area (Å²) in [6.07, 6.45) is 3.40. The molecule has 4 heteroatoms. The van der Waals surface area contributed by atoms with Crippen LogP contribution in [-0.2, 0) is 0 Å². The average molecular weight is 278 g/mol. The van der Waals surface area contributed by atoms with E-state index in [-0.39, 0.29) is 6.04 Å². The van der Waals surface area contributed by atoms with Crippen LogP contribution in [0.4, 0.5) is 5.69 Å². The monoisotopic (exact) mass is 278 g/mol. The fourth-order valence-corrected chi connectivity index (χ4v) is 2.49. The molecule has 1 rings (SSSR count). The Hall–Kier alpha value is -1.58. The van der Waals surface area contributed by atoms with Crippen molar-refractivity contribution in [2.45, 2.75) is 59.9 Å². The van der Waals surface area contributed by atoms with E-state index in [1.54, 1.807) is 6.92 Å². The highest BCUT2D eigenvalue weighted by molar-refractivity contribution is 5.95. The maximum absolute atomic E-state index is 11.5. The van der Waals surface area contributed by atoms with Gasteiger partial charge in [-0.1, -0.05) is 19.8 Å². The molecular weight excluding hydrogens is 252 g/mol. The number of carboxylic acid groups (broad SMARTS) is 1. The maximum atomic E-state index is 11.5. The molecule has 0 saturated heterocycles. The van der Waals surface area contributed by atoms with E-state index < -0.39 is 5.97 Å². The third kappa shape index (κ3) is 3.95. The van der Waals surface area contributed by atoms with Crippen LogP contribution in [0, 0.1) is 13.8 Å². The van der Waals surface area contributed by atoms with Gasteiger partial charge >= 0.3 is 5.97 Å². The molecule has 1 aromatic heterocycles. The van der Waals surface area contributed by atoms with Gasteiger partial charge in [-0.05, 0) is 40.2 Å². The molecule has 0 saturated carbocycles. The second-order valence-corrected chi connectivity index (χ2v) is 5.54. The molecule has 0 radical (unpaired) electrons. The summed E-state index contributed by atoms with van der Waals surface area (Å²) in [5.74, 6) is -0.897. The molecule has 4 nitrogen and oxygen atoms in total. The molecule has 0 unspecified atom stereocenters. The first-order chi connectivity index (χ1) is 9.38. The number of hydrogen-bond donors (Lipinski definition) is 1. The number of unbranched alkanes of at least 4 members (excludes halogenated alkanes) is 2. The van der Waals surface area contributed by atoms with Crippen molar-refractivity contribution in [1.82, 2.24) is 4.98 Å². The van der Waals surface area contributed by atoms with Gasteiger partial charge in [-0.25, -0.2) is 4.79 Å². The molecule has 0 amide bonds. The van der Waals surface area contributed by atoms with E-state index in [1.165, 1.54) is 0 Å². The number of hydrogen-bond acceptors (Lipinski definition) is 3. The van der Waals surface area contributed by atoms with Gasteiger partial charge in [-0.2, -0.15) is 0 Å². The van der Waals surface area contributed by atoms with E-state index in [0.29, 0.717) is 11.3 Å². The van der Waals surface area contributed by atoms with E-state index in [2.05, 4.69) is 30.7 Å². The molecule has 0 spiro atoms. The third-order valence-electron chi connectivity index (χ3n) is 3.46. The fourth-order valence-electron chi connectivity index (χ4n) is 2.49. The molecule has 1 heterocycles. The van der Waals surface area contributed by atoms with Crippen LogP contribution in [0.1, 0.15) is 61.8 Å². The number of nitrogens with zero attached hydrogens (tertiary/aromatic N) is 2. The first-order valence-electron chi connectivity index (χ1n) is 7.36. The van der Waals surface area contributed by atoms with Gasteiger partial charge in [0.25, 0.3) is 0 Å². The molecule has 0 aliphatic rings. The summed E-state index contributed by atoms with van der Waals surface area (Å²) >= 11 is 0. The number of aromatic carboxylic acids is 1. The van der Waals surface area contributed by atoms with Gasteiger partial charge in [0.15, 0.2) is 0 Å². The highest BCUT2D eigenvalue weighted by atomic mass is 16.4. The minimum absolute atomic E-state index is 0.270. The van der Waals surface area contributed by atoms with Gasteiger partial charge in [0, 0.05) is 18.3 Å². The molecule has 20 heavy (non-hydrogen) atoms. The van der Waals surface area contributed by atoms with Crippen LogP contribution in [0.2, 0.25) is 0 Å². The minimum Gasteiger partial charge on any atom is -0.478 e. The molecule has 0 atom stereocenters. The zero-order valence-electron chi connectivity index (χ0n) is 13.2. The molecular formula is C16H26N2O2. The zero-order valence-corrected chi connectivity index (χ0v) is 13.2. The van der Waals surface area contributed by atoms with Crippen LogP contribution >= 0.6 is 0 Å². The van der Waals surface area contributed by atoms with Gasteiger partial charge in [-0.15, -0.1) is 0 Å². The number of anilines is 1. The number of carbonyl (C=O) groups is 1. The Morgan fingerprint density at radius 2 is 2.00 bits per heavy atom. The maximum Gasteiger partial charge on any atom is 0.339 e. The molecule has 0 bridgehead atoms. The summed E-state index contributed by atoms with van der Waals surface area (Å²) in [5, 5.41) is 9.47. The normalized spacial score (nSPS) is 10.9. The quantitative estimate of drug-likeness (QED) is 0.771. The van der Waals surface area contributed by atoms with Crippen molar-refractivity contribution >= 4 is 11.7 Å². The SMILES string of the molecule is CCCCCN(c1cc(C)nc(C)c1C(=O)O)C(C)C. The summed E-state index contributed by atoms with van der Waals surface area (Å²) in [7, 11) is 0. The summed E-state index contributed by atoms with van der Waals surface area (Å²) < 4.78 is 0. The molecule has 0 aromatic carbocycles. The highest BCUT2D eigenvalue weighted by Crippen LogP contribution is 2.26. The summed E-state index contributed by atoms with van der Waals surface area (Å²) in [5.41, 5.74) is 2.59. The number of aryl methyl sites for hydroxylation is 2. The first kappa shape index (κ1) is 16.5. The Kier molecular flexibility index (Phi) is 5.99. The lowest BCUT2D eigenvalue weighted by Crippen LogP contribution is -2.33. The molecule has 1 N–H and O–H groups in total. The van der Waals surface area contributed by atoms with Crippen molar-refractivity contribution < 1.29 is 9.90 Å². The van der Waals surface area contributed by atoms with Crippen LogP contribution in [0.3, 0.4) is 0 Å². The Balaban J connectivity index is 3.21. The minimum atomic E-state index is -0.897. The zero-order chi connectivity index (χ0) is 15.3. The van der Waals surface area contributed by atoms with Gasteiger partial charge in [-0.3, -0.25) is 4.98 Å². The summed E-state index contributed by atoms with van der Waals surface area (Å²) in [6.45, 7) is 10.9. The second-order valence-electron chi connectivity index (χ2n) is 5.54. The van der Waals surface area contributed by atoms with Crippen LogP contribution in [0.5, 0.6) is 0 Å². The first-order valence-corrected chi connectivity index (χ1v) is 7.36. The fraction of sp³-hybridized carbons (Fsp3) is 0.625. The lowest BCUT2D eigenvalue weighted by molar-refractivity contribution is 0.0696. The molecule has 112 valence electrons. The predicted octanol–water partition coefficient (Wildman–Crippen LogP) is 3.80. The molecule has 0 aliphatic carbocycles. The van der Waals surface area contributed by atoms with Crippen molar-refractivity contribution in [2.24, 2.45) is 0 Å². The Morgan fingerprint density at radius 1 is 1.35 bits per heavy atom. The average Bonchev–Trinajstić information content (AvgIpc) is 2.32. The smallest absolute Gasteiger partial charge is 0.339 e. The largest absolute Gasteiger partial charge is 0.478 e. The lowest BCUT2D eigenvalue weighted by atomic mass is 10.1. The van der Waals surface area contributed by atoms with Crippen molar-refractivity contribution in [3.8, 4) is 0 Å². The van der Waals surface area contributed by atoms with E-state index in [1.807, 2.05) is 13.0 Å². The van der Waals surface area contributed by atoms with Crippen molar-refractivity contribution in [2.75, 3.05) is 11.4 Å². The van der Waals surface area contributed by atoms with Crippen LogP contribution < -0.4 is 4.90 Å². The Morgan fingerprint density at radius 3 is 2.50 bits per heavy atom. The van der Waals surface area contributed by atoms with Gasteiger partial charge < -0.3 is 10.0 Å². The van der Waals surface area contributed by atoms with Gasteiger partial charge in [0.2, 0.25) is 0 Å². The number of carboxylic acids is 1. The van der Waals surface area contributed by atoms with E-state index >= 15 is 0 Å². The van der Waals surface area contributed by atoms with Crippen molar-refractivity contribution in [1.29, 1.82) is 0 Å². The van der Waals surface area contributed by atoms with Crippen LogP contribution in [0.15, 0.2) is 6.07 Å². The number of pyridine rings is 1. The molecule has 0 fully saturated rings. The highest BCUT2D eigenvalue weighted by Gasteiger charge is 2.21. The molecule has 1 aromatic rings. The number of aromatic nitrogens is 1. The second kappa shape index (κ2) is 7.27. The third-order valence-corrected chi connectivity index (χ3v) is 3.46. The summed E-state index contributed by atoms with van der Waals surface area (Å²) in [4.78, 5) is 18.0. The Labute approximate surface area is 121 Å². The van der Waals surface area contributed by atoms with Crippen LogP contribution in [0.25, 0.3) is 0 Å². The van der Waals surface area contributed by atoms with Crippen molar-refractivity contribution in [3.05, 3.63) is 23.0 Å². The van der Waals surface area contributed by atoms with E-state index in [0.717, 1.165) is 37.2 Å². The lowest BCUT2D eigenvalue weighted by Gasteiger charge is -2.31. The Bertz CT molecular complexity index is 470. The van der Waals surface area contributed by atoms with Crippen LogP contribution in [-0.4, -0.2) is 28.6 Å². The van der Waals surface area contributed by atoms with E-state index in [9.17, 15) is 9.90 Å². The topological polar surface area (TPSA) is 53.4 Å². The number of rotatable bonds is 7. The van der Waals surface area contributed by atoms with Gasteiger partial charge in [0.1, 0.15) is 5.56 Å². The standard InChI is InChI=1S/C16H26N2O2/c1-6-7-8-9-18(11(2)3)14-10-12(4)17-13(5)15(14)16(19)20/h10-11H,6-9H2,1-5H3,(H,19,20).